The van der Waals surface area contributed by atoms with Gasteiger partial charge in [-0.3, -0.25) is 4.79 Å². The predicted molar refractivity (Wildman–Crippen MR) is 97.1 cm³/mol. The van der Waals surface area contributed by atoms with E-state index in [-0.39, 0.29) is 5.91 Å². The number of anilines is 2. The minimum absolute atomic E-state index is 0.130. The number of esters is 1. The van der Waals surface area contributed by atoms with Crippen LogP contribution in [0, 0.1) is 5.92 Å². The second kappa shape index (κ2) is 8.82. The minimum Gasteiger partial charge on any atom is -0.465 e. The molecule has 6 nitrogen and oxygen atoms in total. The van der Waals surface area contributed by atoms with Crippen LogP contribution in [0.5, 0.6) is 0 Å². The summed E-state index contributed by atoms with van der Waals surface area (Å²) in [7, 11) is 1.34. The molecule has 1 aromatic heterocycles. The van der Waals surface area contributed by atoms with Gasteiger partial charge in [0.2, 0.25) is 0 Å². The summed E-state index contributed by atoms with van der Waals surface area (Å²) >= 11 is 0. The third-order valence-corrected chi connectivity index (χ3v) is 3.59. The van der Waals surface area contributed by atoms with Crippen LogP contribution in [0.25, 0.3) is 0 Å². The molecular formula is C19H23N3O3. The Bertz CT molecular complexity index is 744. The highest BCUT2D eigenvalue weighted by Gasteiger charge is 2.09. The fourth-order valence-corrected chi connectivity index (χ4v) is 2.21. The molecule has 2 aromatic rings. The fourth-order valence-electron chi connectivity index (χ4n) is 2.21. The van der Waals surface area contributed by atoms with Crippen molar-refractivity contribution in [3.63, 3.8) is 0 Å². The number of aromatic nitrogens is 1. The molecule has 0 atom stereocenters. The number of carbonyl (C=O) groups is 2. The largest absolute Gasteiger partial charge is 0.465 e. The summed E-state index contributed by atoms with van der Waals surface area (Å²) < 4.78 is 4.71. The lowest BCUT2D eigenvalue weighted by Crippen LogP contribution is -2.25. The van der Waals surface area contributed by atoms with Crippen LogP contribution in [-0.2, 0) is 4.74 Å². The molecule has 0 fully saturated rings. The van der Waals surface area contributed by atoms with E-state index in [0.717, 1.165) is 6.42 Å². The lowest BCUT2D eigenvalue weighted by molar-refractivity contribution is 0.0600. The molecule has 0 aliphatic rings. The number of hydrogen-bond acceptors (Lipinski definition) is 5. The van der Waals surface area contributed by atoms with Gasteiger partial charge in [-0.1, -0.05) is 19.9 Å². The number of nitrogens with one attached hydrogen (secondary N) is 2. The van der Waals surface area contributed by atoms with Gasteiger partial charge in [0, 0.05) is 24.0 Å². The van der Waals surface area contributed by atoms with Crippen molar-refractivity contribution in [1.29, 1.82) is 0 Å². The lowest BCUT2D eigenvalue weighted by atomic mass is 10.1. The quantitative estimate of drug-likeness (QED) is 0.755. The zero-order valence-electron chi connectivity index (χ0n) is 14.7. The summed E-state index contributed by atoms with van der Waals surface area (Å²) in [6.45, 7) is 4.87. The van der Waals surface area contributed by atoms with E-state index in [2.05, 4.69) is 29.5 Å². The van der Waals surface area contributed by atoms with Crippen molar-refractivity contribution < 1.29 is 14.3 Å². The number of methoxy groups -OCH3 is 1. The van der Waals surface area contributed by atoms with Crippen LogP contribution in [0.15, 0.2) is 42.6 Å². The standard InChI is InChI=1S/C19H23N3O3/c1-13(2)7-9-21-18(23)14-8-10-20-17(12-14)22-16-6-4-5-15(11-16)19(24)25-3/h4-6,8,10-13H,7,9H2,1-3H3,(H,20,22)(H,21,23). The Morgan fingerprint density at radius 2 is 1.96 bits per heavy atom. The second-order valence-corrected chi connectivity index (χ2v) is 6.07. The highest BCUT2D eigenvalue weighted by Crippen LogP contribution is 2.17. The van der Waals surface area contributed by atoms with E-state index in [0.29, 0.717) is 35.1 Å². The first-order valence-electron chi connectivity index (χ1n) is 8.19. The van der Waals surface area contributed by atoms with Crippen molar-refractivity contribution in [3.8, 4) is 0 Å². The first-order valence-corrected chi connectivity index (χ1v) is 8.19. The molecule has 1 aromatic carbocycles. The van der Waals surface area contributed by atoms with Crippen molar-refractivity contribution in [2.45, 2.75) is 20.3 Å². The molecule has 0 aliphatic carbocycles. The number of hydrogen-bond donors (Lipinski definition) is 2. The van der Waals surface area contributed by atoms with Crippen LogP contribution in [0.3, 0.4) is 0 Å². The fraction of sp³-hybridized carbons (Fsp3) is 0.316. The molecule has 0 aliphatic heterocycles. The first-order chi connectivity index (χ1) is 12.0. The monoisotopic (exact) mass is 341 g/mol. The lowest BCUT2D eigenvalue weighted by Gasteiger charge is -2.10. The summed E-state index contributed by atoms with van der Waals surface area (Å²) in [5.74, 6) is 0.528. The molecule has 2 N–H and O–H groups in total. The van der Waals surface area contributed by atoms with Crippen LogP contribution in [0.2, 0.25) is 0 Å². The molecule has 132 valence electrons. The van der Waals surface area contributed by atoms with Crippen molar-refractivity contribution in [2.24, 2.45) is 5.92 Å². The first kappa shape index (κ1) is 18.4. The summed E-state index contributed by atoms with van der Waals surface area (Å²) in [4.78, 5) is 28.0. The van der Waals surface area contributed by atoms with E-state index in [4.69, 9.17) is 4.74 Å². The molecule has 0 unspecified atom stereocenters. The average Bonchev–Trinajstić information content (AvgIpc) is 2.61. The number of nitrogens with zero attached hydrogens (tertiary/aromatic N) is 1. The number of pyridine rings is 1. The van der Waals surface area contributed by atoms with Gasteiger partial charge in [0.05, 0.1) is 12.7 Å². The third-order valence-electron chi connectivity index (χ3n) is 3.59. The zero-order chi connectivity index (χ0) is 18.2. The van der Waals surface area contributed by atoms with E-state index < -0.39 is 5.97 Å². The maximum Gasteiger partial charge on any atom is 0.337 e. The van der Waals surface area contributed by atoms with Gasteiger partial charge in [-0.05, 0) is 42.7 Å². The van der Waals surface area contributed by atoms with E-state index in [1.165, 1.54) is 7.11 Å². The Morgan fingerprint density at radius 3 is 2.68 bits per heavy atom. The van der Waals surface area contributed by atoms with Gasteiger partial charge >= 0.3 is 5.97 Å². The molecule has 25 heavy (non-hydrogen) atoms. The van der Waals surface area contributed by atoms with Crippen LogP contribution in [0.4, 0.5) is 11.5 Å². The van der Waals surface area contributed by atoms with Gasteiger partial charge in [0.25, 0.3) is 5.91 Å². The highest BCUT2D eigenvalue weighted by atomic mass is 16.5. The molecule has 0 saturated heterocycles. The predicted octanol–water partition coefficient (Wildman–Crippen LogP) is 3.39. The third kappa shape index (κ3) is 5.60. The van der Waals surface area contributed by atoms with Crippen molar-refractivity contribution in [1.82, 2.24) is 10.3 Å². The summed E-state index contributed by atoms with van der Waals surface area (Å²) in [5, 5.41) is 5.99. The summed E-state index contributed by atoms with van der Waals surface area (Å²) in [5.41, 5.74) is 1.66. The van der Waals surface area contributed by atoms with Gasteiger partial charge in [0.1, 0.15) is 5.82 Å². The van der Waals surface area contributed by atoms with Gasteiger partial charge in [0.15, 0.2) is 0 Å². The molecule has 0 radical (unpaired) electrons. The van der Waals surface area contributed by atoms with Crippen molar-refractivity contribution >= 4 is 23.4 Å². The SMILES string of the molecule is COC(=O)c1cccc(Nc2cc(C(=O)NCCC(C)C)ccn2)c1. The number of ether oxygens (including phenoxy) is 1. The second-order valence-electron chi connectivity index (χ2n) is 6.07. The van der Waals surface area contributed by atoms with Gasteiger partial charge < -0.3 is 15.4 Å². The Kier molecular flexibility index (Phi) is 6.51. The molecule has 6 heteroatoms. The van der Waals surface area contributed by atoms with Crippen LogP contribution >= 0.6 is 0 Å². The van der Waals surface area contributed by atoms with E-state index in [9.17, 15) is 9.59 Å². The summed E-state index contributed by atoms with van der Waals surface area (Å²) in [6.07, 6.45) is 2.51. The van der Waals surface area contributed by atoms with Gasteiger partial charge in [-0.2, -0.15) is 0 Å². The molecule has 0 bridgehead atoms. The van der Waals surface area contributed by atoms with E-state index in [1.807, 2.05) is 6.07 Å². The smallest absolute Gasteiger partial charge is 0.337 e. The maximum atomic E-state index is 12.2. The maximum absolute atomic E-state index is 12.2. The Morgan fingerprint density at radius 1 is 1.16 bits per heavy atom. The number of amides is 1. The van der Waals surface area contributed by atoms with E-state index in [1.54, 1.807) is 36.5 Å². The summed E-state index contributed by atoms with van der Waals surface area (Å²) in [6, 6.07) is 10.2. The normalized spacial score (nSPS) is 10.4. The average molecular weight is 341 g/mol. The molecule has 1 heterocycles. The number of benzene rings is 1. The molecule has 1 amide bonds. The minimum atomic E-state index is -0.408. The molecule has 0 spiro atoms. The van der Waals surface area contributed by atoms with Crippen molar-refractivity contribution in [3.05, 3.63) is 53.7 Å². The Labute approximate surface area is 147 Å². The van der Waals surface area contributed by atoms with Crippen LogP contribution < -0.4 is 10.6 Å². The number of rotatable bonds is 7. The Hall–Kier alpha value is -2.89. The van der Waals surface area contributed by atoms with Gasteiger partial charge in [-0.15, -0.1) is 0 Å². The number of carbonyl (C=O) groups excluding carboxylic acids is 2. The topological polar surface area (TPSA) is 80.3 Å². The molecule has 0 saturated carbocycles. The van der Waals surface area contributed by atoms with E-state index >= 15 is 0 Å². The van der Waals surface area contributed by atoms with Crippen molar-refractivity contribution in [2.75, 3.05) is 19.0 Å². The zero-order valence-corrected chi connectivity index (χ0v) is 14.7. The van der Waals surface area contributed by atoms with Crippen LogP contribution in [-0.4, -0.2) is 30.5 Å². The van der Waals surface area contributed by atoms with Gasteiger partial charge in [-0.25, -0.2) is 9.78 Å². The molecule has 2 rings (SSSR count). The highest BCUT2D eigenvalue weighted by molar-refractivity contribution is 5.95. The molecular weight excluding hydrogens is 318 g/mol. The van der Waals surface area contributed by atoms with Crippen LogP contribution in [0.1, 0.15) is 41.0 Å². The Balaban J connectivity index is 2.06.